The maximum Gasteiger partial charge on any atom is 0.244 e. The molecule has 1 fully saturated rings. The summed E-state index contributed by atoms with van der Waals surface area (Å²) in [6.45, 7) is 0.253. The van der Waals surface area contributed by atoms with E-state index < -0.39 is 0 Å². The van der Waals surface area contributed by atoms with Crippen molar-refractivity contribution in [2.75, 3.05) is 6.79 Å². The van der Waals surface area contributed by atoms with Crippen LogP contribution in [0.25, 0.3) is 6.08 Å². The summed E-state index contributed by atoms with van der Waals surface area (Å²) in [5, 5.41) is 2.98. The average Bonchev–Trinajstić information content (AvgIpc) is 2.95. The minimum atomic E-state index is -0.102. The van der Waals surface area contributed by atoms with Crippen LogP contribution in [-0.2, 0) is 4.79 Å². The van der Waals surface area contributed by atoms with Crippen LogP contribution in [0.1, 0.15) is 31.2 Å². The van der Waals surface area contributed by atoms with Crippen molar-refractivity contribution in [3.05, 3.63) is 29.8 Å². The van der Waals surface area contributed by atoms with Crippen LogP contribution in [-0.4, -0.2) is 24.8 Å². The van der Waals surface area contributed by atoms with Gasteiger partial charge in [0.25, 0.3) is 0 Å². The van der Waals surface area contributed by atoms with E-state index in [4.69, 9.17) is 15.2 Å². The van der Waals surface area contributed by atoms with Gasteiger partial charge in [-0.1, -0.05) is 18.9 Å². The summed E-state index contributed by atoms with van der Waals surface area (Å²) in [5.41, 5.74) is 6.93. The van der Waals surface area contributed by atoms with Crippen molar-refractivity contribution in [1.82, 2.24) is 5.32 Å². The Morgan fingerprint density at radius 3 is 2.90 bits per heavy atom. The largest absolute Gasteiger partial charge is 0.454 e. The summed E-state index contributed by atoms with van der Waals surface area (Å²) in [6, 6.07) is 5.76. The molecule has 1 aliphatic carbocycles. The first-order valence-electron chi connectivity index (χ1n) is 7.36. The summed E-state index contributed by atoms with van der Waals surface area (Å²) in [4.78, 5) is 12.0. The Labute approximate surface area is 124 Å². The van der Waals surface area contributed by atoms with E-state index in [1.165, 1.54) is 0 Å². The molecule has 0 spiro atoms. The first-order valence-corrected chi connectivity index (χ1v) is 7.36. The normalized spacial score (nSPS) is 24.2. The molecule has 3 N–H and O–H groups in total. The van der Waals surface area contributed by atoms with Crippen LogP contribution in [0, 0.1) is 0 Å². The molecular weight excluding hydrogens is 268 g/mol. The summed E-state index contributed by atoms with van der Waals surface area (Å²) >= 11 is 0. The highest BCUT2D eigenvalue weighted by Gasteiger charge is 2.22. The van der Waals surface area contributed by atoms with Crippen molar-refractivity contribution in [2.45, 2.75) is 37.8 Å². The molecule has 1 aromatic rings. The van der Waals surface area contributed by atoms with Crippen molar-refractivity contribution in [1.29, 1.82) is 0 Å². The molecular formula is C16H20N2O3. The fourth-order valence-corrected chi connectivity index (χ4v) is 2.76. The van der Waals surface area contributed by atoms with Crippen molar-refractivity contribution >= 4 is 12.0 Å². The maximum atomic E-state index is 12.0. The smallest absolute Gasteiger partial charge is 0.244 e. The number of fused-ring (bicyclic) bond motifs is 1. The summed E-state index contributed by atoms with van der Waals surface area (Å²) in [5.74, 6) is 1.35. The molecule has 0 bridgehead atoms. The average molecular weight is 288 g/mol. The van der Waals surface area contributed by atoms with E-state index in [1.807, 2.05) is 18.2 Å². The van der Waals surface area contributed by atoms with Gasteiger partial charge in [0, 0.05) is 18.2 Å². The Bertz CT molecular complexity index is 556. The van der Waals surface area contributed by atoms with Crippen LogP contribution < -0.4 is 20.5 Å². The molecule has 0 unspecified atom stereocenters. The Balaban J connectivity index is 1.59. The summed E-state index contributed by atoms with van der Waals surface area (Å²) in [7, 11) is 0. The van der Waals surface area contributed by atoms with Crippen LogP contribution in [0.2, 0.25) is 0 Å². The second-order valence-corrected chi connectivity index (χ2v) is 5.51. The lowest BCUT2D eigenvalue weighted by Gasteiger charge is -2.28. The lowest BCUT2D eigenvalue weighted by Crippen LogP contribution is -2.48. The first-order chi connectivity index (χ1) is 10.2. The highest BCUT2D eigenvalue weighted by atomic mass is 16.7. The Kier molecular flexibility index (Phi) is 4.10. The van der Waals surface area contributed by atoms with Gasteiger partial charge in [0.05, 0.1) is 0 Å². The molecule has 21 heavy (non-hydrogen) atoms. The van der Waals surface area contributed by atoms with E-state index in [0.29, 0.717) is 5.75 Å². The zero-order chi connectivity index (χ0) is 14.7. The summed E-state index contributed by atoms with van der Waals surface area (Å²) < 4.78 is 10.6. The van der Waals surface area contributed by atoms with Gasteiger partial charge >= 0.3 is 0 Å². The van der Waals surface area contributed by atoms with Crippen LogP contribution in [0.3, 0.4) is 0 Å². The molecule has 1 saturated carbocycles. The number of carbonyl (C=O) groups is 1. The van der Waals surface area contributed by atoms with Gasteiger partial charge in [-0.2, -0.15) is 0 Å². The predicted octanol–water partition coefficient (Wildman–Crippen LogP) is 1.81. The quantitative estimate of drug-likeness (QED) is 0.832. The fraction of sp³-hybridized carbons (Fsp3) is 0.438. The summed E-state index contributed by atoms with van der Waals surface area (Å²) in [6.07, 6.45) is 7.54. The van der Waals surface area contributed by atoms with Crippen LogP contribution in [0.15, 0.2) is 24.3 Å². The van der Waals surface area contributed by atoms with Crippen molar-refractivity contribution < 1.29 is 14.3 Å². The fourth-order valence-electron chi connectivity index (χ4n) is 2.76. The molecule has 1 aromatic carbocycles. The lowest BCUT2D eigenvalue weighted by atomic mass is 9.91. The maximum absolute atomic E-state index is 12.0. The lowest BCUT2D eigenvalue weighted by molar-refractivity contribution is -0.117. The third-order valence-corrected chi connectivity index (χ3v) is 3.97. The Hall–Kier alpha value is -2.01. The Morgan fingerprint density at radius 2 is 2.05 bits per heavy atom. The molecule has 0 radical (unpaired) electrons. The van der Waals surface area contributed by atoms with E-state index in [1.54, 1.807) is 12.2 Å². The number of hydrogen-bond acceptors (Lipinski definition) is 4. The zero-order valence-corrected chi connectivity index (χ0v) is 11.9. The van der Waals surface area contributed by atoms with Gasteiger partial charge in [0.1, 0.15) is 0 Å². The van der Waals surface area contributed by atoms with Crippen molar-refractivity contribution in [3.8, 4) is 11.5 Å². The second kappa shape index (κ2) is 6.18. The third kappa shape index (κ3) is 3.36. The minimum Gasteiger partial charge on any atom is -0.454 e. The number of benzene rings is 1. The first kappa shape index (κ1) is 13.9. The number of hydrogen-bond donors (Lipinski definition) is 2. The predicted molar refractivity (Wildman–Crippen MR) is 80.0 cm³/mol. The Morgan fingerprint density at radius 1 is 1.24 bits per heavy atom. The van der Waals surface area contributed by atoms with Gasteiger partial charge < -0.3 is 20.5 Å². The van der Waals surface area contributed by atoms with Gasteiger partial charge in [-0.3, -0.25) is 4.79 Å². The van der Waals surface area contributed by atoms with Crippen LogP contribution >= 0.6 is 0 Å². The van der Waals surface area contributed by atoms with Gasteiger partial charge in [0.15, 0.2) is 11.5 Å². The van der Waals surface area contributed by atoms with Crippen LogP contribution in [0.5, 0.6) is 11.5 Å². The number of ether oxygens (including phenoxy) is 2. The highest BCUT2D eigenvalue weighted by molar-refractivity contribution is 5.92. The van der Waals surface area contributed by atoms with Crippen molar-refractivity contribution in [2.24, 2.45) is 5.73 Å². The topological polar surface area (TPSA) is 73.6 Å². The van der Waals surface area contributed by atoms with E-state index >= 15 is 0 Å². The molecule has 3 rings (SSSR count). The van der Waals surface area contributed by atoms with Gasteiger partial charge in [-0.25, -0.2) is 0 Å². The van der Waals surface area contributed by atoms with E-state index in [-0.39, 0.29) is 24.8 Å². The molecule has 2 atom stereocenters. The third-order valence-electron chi connectivity index (χ3n) is 3.97. The van der Waals surface area contributed by atoms with Crippen molar-refractivity contribution in [3.63, 3.8) is 0 Å². The van der Waals surface area contributed by atoms with Gasteiger partial charge in [0.2, 0.25) is 12.7 Å². The monoisotopic (exact) mass is 288 g/mol. The standard InChI is InChI=1S/C16H20N2O3/c17-12-3-1-2-4-13(12)18-16(19)8-6-11-5-7-14-15(9-11)21-10-20-14/h5-9,12-13H,1-4,10,17H2,(H,18,19)/b8-6+/t12-,13-/m1/s1. The number of nitrogens with one attached hydrogen (secondary N) is 1. The molecule has 1 amide bonds. The molecule has 0 aromatic heterocycles. The molecule has 5 heteroatoms. The molecule has 5 nitrogen and oxygen atoms in total. The minimum absolute atomic E-state index is 0.0710. The van der Waals surface area contributed by atoms with E-state index in [9.17, 15) is 4.79 Å². The second-order valence-electron chi connectivity index (χ2n) is 5.51. The molecule has 0 saturated heterocycles. The molecule has 2 aliphatic rings. The SMILES string of the molecule is N[C@@H]1CCCC[C@H]1NC(=O)/C=C/c1ccc2c(c1)OCO2. The molecule has 1 aliphatic heterocycles. The number of amides is 1. The highest BCUT2D eigenvalue weighted by Crippen LogP contribution is 2.32. The molecule has 1 heterocycles. The van der Waals surface area contributed by atoms with E-state index in [2.05, 4.69) is 5.32 Å². The van der Waals surface area contributed by atoms with Crippen LogP contribution in [0.4, 0.5) is 0 Å². The van der Waals surface area contributed by atoms with Gasteiger partial charge in [-0.15, -0.1) is 0 Å². The zero-order valence-electron chi connectivity index (χ0n) is 11.9. The number of rotatable bonds is 3. The molecule has 112 valence electrons. The number of nitrogens with two attached hydrogens (primary N) is 1. The van der Waals surface area contributed by atoms with Gasteiger partial charge in [-0.05, 0) is 36.6 Å². The number of carbonyl (C=O) groups excluding carboxylic acids is 1. The van der Waals surface area contributed by atoms with E-state index in [0.717, 1.165) is 37.0 Å².